The smallest absolute Gasteiger partial charge is 0.254 e. The molecule has 0 bridgehead atoms. The Morgan fingerprint density at radius 3 is 2.19 bits per heavy atom. The summed E-state index contributed by atoms with van der Waals surface area (Å²) in [5.41, 5.74) is 0.644. The van der Waals surface area contributed by atoms with Gasteiger partial charge in [0.2, 0.25) is 0 Å². The lowest BCUT2D eigenvalue weighted by atomic mass is 10.1. The number of aromatic nitrogens is 2. The number of amides is 1. The normalized spacial score (nSPS) is 17.9. The molecule has 27 heavy (non-hydrogen) atoms. The number of nitrogens with zero attached hydrogens (tertiary/aromatic N) is 5. The Kier molecular flexibility index (Phi) is 5.43. The van der Waals surface area contributed by atoms with Gasteiger partial charge in [0.05, 0.1) is 0 Å². The third kappa shape index (κ3) is 4.16. The molecule has 2 fully saturated rings. The molecule has 0 spiro atoms. The van der Waals surface area contributed by atoms with Gasteiger partial charge in [0.25, 0.3) is 5.91 Å². The van der Waals surface area contributed by atoms with E-state index in [1.54, 1.807) is 18.5 Å². The van der Waals surface area contributed by atoms with Gasteiger partial charge in [-0.1, -0.05) is 17.7 Å². The van der Waals surface area contributed by atoms with Crippen LogP contribution >= 0.6 is 11.6 Å². The molecule has 2 aromatic rings. The summed E-state index contributed by atoms with van der Waals surface area (Å²) < 4.78 is 0. The number of benzene rings is 1. The van der Waals surface area contributed by atoms with Crippen LogP contribution in [0.2, 0.25) is 5.02 Å². The van der Waals surface area contributed by atoms with Crippen LogP contribution in [-0.4, -0.2) is 60.0 Å². The number of hydrogen-bond donors (Lipinski definition) is 0. The summed E-state index contributed by atoms with van der Waals surface area (Å²) in [4.78, 5) is 28.1. The number of hydrogen-bond acceptors (Lipinski definition) is 5. The van der Waals surface area contributed by atoms with Gasteiger partial charge in [0.15, 0.2) is 0 Å². The van der Waals surface area contributed by atoms with E-state index in [4.69, 9.17) is 11.6 Å². The molecule has 7 heteroatoms. The van der Waals surface area contributed by atoms with Crippen molar-refractivity contribution >= 4 is 29.1 Å². The minimum absolute atomic E-state index is 0.0360. The summed E-state index contributed by atoms with van der Waals surface area (Å²) in [6.45, 7) is 5.02. The lowest BCUT2D eigenvalue weighted by molar-refractivity contribution is 0.0746. The van der Waals surface area contributed by atoms with Crippen LogP contribution in [0.15, 0.2) is 36.7 Å². The second kappa shape index (κ2) is 8.13. The first-order valence-corrected chi connectivity index (χ1v) is 9.95. The first-order valence-electron chi connectivity index (χ1n) is 9.57. The summed E-state index contributed by atoms with van der Waals surface area (Å²) in [6, 6.07) is 9.22. The summed E-state index contributed by atoms with van der Waals surface area (Å²) >= 11 is 6.01. The summed E-state index contributed by atoms with van der Waals surface area (Å²) in [5.74, 6) is 1.99. The average Bonchev–Trinajstić information content (AvgIpc) is 2.74. The van der Waals surface area contributed by atoms with Crippen molar-refractivity contribution in [2.24, 2.45) is 0 Å². The predicted octanol–water partition coefficient (Wildman–Crippen LogP) is 3.08. The van der Waals surface area contributed by atoms with Crippen molar-refractivity contribution < 1.29 is 4.79 Å². The highest BCUT2D eigenvalue weighted by Gasteiger charge is 2.23. The van der Waals surface area contributed by atoms with Crippen molar-refractivity contribution in [3.05, 3.63) is 47.2 Å². The van der Waals surface area contributed by atoms with Crippen molar-refractivity contribution in [2.45, 2.75) is 19.3 Å². The Balaban J connectivity index is 1.40. The number of halogens is 1. The van der Waals surface area contributed by atoms with Crippen molar-refractivity contribution in [2.75, 3.05) is 49.1 Å². The Hall–Kier alpha value is -2.34. The van der Waals surface area contributed by atoms with Gasteiger partial charge >= 0.3 is 0 Å². The highest BCUT2D eigenvalue weighted by molar-refractivity contribution is 6.30. The number of carbonyl (C=O) groups is 1. The van der Waals surface area contributed by atoms with Gasteiger partial charge in [-0.3, -0.25) is 4.79 Å². The maximum atomic E-state index is 12.7. The lowest BCUT2D eigenvalue weighted by Crippen LogP contribution is -2.49. The molecular weight excluding hydrogens is 362 g/mol. The topological polar surface area (TPSA) is 52.6 Å². The molecule has 0 unspecified atom stereocenters. The Morgan fingerprint density at radius 2 is 1.52 bits per heavy atom. The quantitative estimate of drug-likeness (QED) is 0.812. The predicted molar refractivity (Wildman–Crippen MR) is 108 cm³/mol. The molecule has 0 N–H and O–H groups in total. The third-order valence-electron chi connectivity index (χ3n) is 5.28. The van der Waals surface area contributed by atoms with Crippen molar-refractivity contribution in [1.82, 2.24) is 14.9 Å². The number of piperidine rings is 1. The summed E-state index contributed by atoms with van der Waals surface area (Å²) in [5, 5.41) is 0.589. The molecule has 0 saturated carbocycles. The third-order valence-corrected chi connectivity index (χ3v) is 5.52. The van der Waals surface area contributed by atoms with Gasteiger partial charge in [0, 0.05) is 55.9 Å². The molecule has 1 aromatic heterocycles. The molecule has 4 rings (SSSR count). The molecule has 0 atom stereocenters. The summed E-state index contributed by atoms with van der Waals surface area (Å²) in [7, 11) is 0. The number of anilines is 2. The molecular formula is C20H24ClN5O. The minimum atomic E-state index is 0.0360. The molecule has 0 aliphatic carbocycles. The SMILES string of the molecule is O=C(c1cccc(Cl)c1)N1CCN(c2cc(N3CCCCC3)ncn2)CC1. The number of piperazine rings is 1. The van der Waals surface area contributed by atoms with Crippen molar-refractivity contribution in [1.29, 1.82) is 0 Å². The maximum absolute atomic E-state index is 12.7. The zero-order valence-corrected chi connectivity index (χ0v) is 16.1. The molecule has 3 heterocycles. The number of carbonyl (C=O) groups excluding carboxylic acids is 1. The lowest BCUT2D eigenvalue weighted by Gasteiger charge is -2.36. The largest absolute Gasteiger partial charge is 0.356 e. The summed E-state index contributed by atoms with van der Waals surface area (Å²) in [6.07, 6.45) is 5.41. The van der Waals surface area contributed by atoms with Crippen LogP contribution in [0.3, 0.4) is 0 Å². The Morgan fingerprint density at radius 1 is 0.852 bits per heavy atom. The van der Waals surface area contributed by atoms with E-state index in [1.165, 1.54) is 19.3 Å². The first-order chi connectivity index (χ1) is 13.2. The van der Waals surface area contributed by atoms with Gasteiger partial charge in [-0.25, -0.2) is 9.97 Å². The zero-order chi connectivity index (χ0) is 18.6. The Bertz CT molecular complexity index is 800. The molecule has 2 aliphatic heterocycles. The maximum Gasteiger partial charge on any atom is 0.254 e. The molecule has 142 valence electrons. The second-order valence-corrected chi connectivity index (χ2v) is 7.51. The van der Waals surface area contributed by atoms with E-state index in [1.807, 2.05) is 17.0 Å². The molecule has 1 amide bonds. The fourth-order valence-corrected chi connectivity index (χ4v) is 3.94. The number of rotatable bonds is 3. The minimum Gasteiger partial charge on any atom is -0.356 e. The highest BCUT2D eigenvalue weighted by atomic mass is 35.5. The van der Waals surface area contributed by atoms with Crippen molar-refractivity contribution in [3.8, 4) is 0 Å². The van der Waals surface area contributed by atoms with Crippen LogP contribution in [0.25, 0.3) is 0 Å². The van der Waals surface area contributed by atoms with E-state index in [2.05, 4.69) is 25.8 Å². The van der Waals surface area contributed by atoms with Crippen LogP contribution in [0.1, 0.15) is 29.6 Å². The van der Waals surface area contributed by atoms with Gasteiger partial charge in [-0.05, 0) is 37.5 Å². The molecule has 6 nitrogen and oxygen atoms in total. The van der Waals surface area contributed by atoms with E-state index < -0.39 is 0 Å². The van der Waals surface area contributed by atoms with E-state index >= 15 is 0 Å². The highest BCUT2D eigenvalue weighted by Crippen LogP contribution is 2.22. The van der Waals surface area contributed by atoms with Crippen LogP contribution in [0, 0.1) is 0 Å². The second-order valence-electron chi connectivity index (χ2n) is 7.07. The average molecular weight is 386 g/mol. The van der Waals surface area contributed by atoms with E-state index in [0.717, 1.165) is 37.8 Å². The van der Waals surface area contributed by atoms with Crippen LogP contribution in [0.4, 0.5) is 11.6 Å². The van der Waals surface area contributed by atoms with E-state index in [-0.39, 0.29) is 5.91 Å². The molecule has 0 radical (unpaired) electrons. The fraction of sp³-hybridized carbons (Fsp3) is 0.450. The van der Waals surface area contributed by atoms with Gasteiger partial charge in [0.1, 0.15) is 18.0 Å². The van der Waals surface area contributed by atoms with E-state index in [9.17, 15) is 4.79 Å². The molecule has 2 saturated heterocycles. The van der Waals surface area contributed by atoms with Crippen LogP contribution in [-0.2, 0) is 0 Å². The van der Waals surface area contributed by atoms with E-state index in [0.29, 0.717) is 23.7 Å². The molecule has 2 aliphatic rings. The zero-order valence-electron chi connectivity index (χ0n) is 15.4. The standard InChI is InChI=1S/C20H24ClN5O/c21-17-6-4-5-16(13-17)20(27)26-11-9-25(10-12-26)19-14-18(22-15-23-19)24-7-2-1-3-8-24/h4-6,13-15H,1-3,7-12H2. The fourth-order valence-electron chi connectivity index (χ4n) is 3.75. The molecule has 1 aromatic carbocycles. The van der Waals surface area contributed by atoms with Crippen molar-refractivity contribution in [3.63, 3.8) is 0 Å². The van der Waals surface area contributed by atoms with Gasteiger partial charge in [-0.2, -0.15) is 0 Å². The monoisotopic (exact) mass is 385 g/mol. The Labute approximate surface area is 164 Å². The van der Waals surface area contributed by atoms with Crippen LogP contribution in [0.5, 0.6) is 0 Å². The van der Waals surface area contributed by atoms with Gasteiger partial charge in [-0.15, -0.1) is 0 Å². The van der Waals surface area contributed by atoms with Crippen LogP contribution < -0.4 is 9.80 Å². The first kappa shape index (κ1) is 18.0. The van der Waals surface area contributed by atoms with Gasteiger partial charge < -0.3 is 14.7 Å².